The highest BCUT2D eigenvalue weighted by Gasteiger charge is 2.18. The summed E-state index contributed by atoms with van der Waals surface area (Å²) in [6.07, 6.45) is 0. The molecule has 0 radical (unpaired) electrons. The van der Waals surface area contributed by atoms with E-state index in [9.17, 15) is 4.79 Å². The van der Waals surface area contributed by atoms with Crippen LogP contribution in [0.25, 0.3) is 11.0 Å². The molecule has 0 spiro atoms. The number of aryl methyl sites for hydroxylation is 1. The third-order valence-corrected chi connectivity index (χ3v) is 5.73. The summed E-state index contributed by atoms with van der Waals surface area (Å²) in [5.74, 6) is 0. The standard InChI is InChI=1S/C15H11Br3N2O/c1-7-2-3-10(16)8(4-7)14(18)9-5-12-13(6-11(9)17)20-15(21)19-12/h2-6,14H,1H3,(H2,19,20,21). The molecular formula is C15H11Br3N2O. The van der Waals surface area contributed by atoms with Crippen molar-refractivity contribution in [1.29, 1.82) is 0 Å². The van der Waals surface area contributed by atoms with Crippen molar-refractivity contribution in [2.45, 2.75) is 11.8 Å². The normalized spacial score (nSPS) is 12.8. The minimum atomic E-state index is -0.197. The molecule has 0 aliphatic rings. The number of rotatable bonds is 2. The van der Waals surface area contributed by atoms with Crippen LogP contribution >= 0.6 is 47.8 Å². The van der Waals surface area contributed by atoms with Gasteiger partial charge in [-0.2, -0.15) is 0 Å². The van der Waals surface area contributed by atoms with Crippen LogP contribution in [-0.4, -0.2) is 9.97 Å². The molecule has 108 valence electrons. The molecular weight excluding hydrogens is 464 g/mol. The molecule has 2 aromatic carbocycles. The molecule has 1 heterocycles. The van der Waals surface area contributed by atoms with Crippen LogP contribution in [0.3, 0.4) is 0 Å². The fourth-order valence-electron chi connectivity index (χ4n) is 2.29. The summed E-state index contributed by atoms with van der Waals surface area (Å²) in [6.45, 7) is 2.07. The summed E-state index contributed by atoms with van der Waals surface area (Å²) in [7, 11) is 0. The first kappa shape index (κ1) is 15.1. The van der Waals surface area contributed by atoms with Crippen molar-refractivity contribution in [3.63, 3.8) is 0 Å². The molecule has 0 amide bonds. The molecule has 0 aliphatic heterocycles. The first-order valence-corrected chi connectivity index (χ1v) is 8.77. The molecule has 0 saturated carbocycles. The van der Waals surface area contributed by atoms with Gasteiger partial charge in [0.2, 0.25) is 0 Å². The van der Waals surface area contributed by atoms with Crippen molar-refractivity contribution in [2.75, 3.05) is 0 Å². The molecule has 3 aromatic rings. The van der Waals surface area contributed by atoms with Gasteiger partial charge in [-0.1, -0.05) is 65.5 Å². The Labute approximate surface area is 146 Å². The van der Waals surface area contributed by atoms with Crippen molar-refractivity contribution in [1.82, 2.24) is 9.97 Å². The third-order valence-electron chi connectivity index (χ3n) is 3.33. The summed E-state index contributed by atoms with van der Waals surface area (Å²) in [6, 6.07) is 10.1. The summed E-state index contributed by atoms with van der Waals surface area (Å²) in [5, 5.41) is 0. The van der Waals surface area contributed by atoms with E-state index in [4.69, 9.17) is 0 Å². The SMILES string of the molecule is Cc1ccc(Br)c(C(Br)c2cc3[nH]c(=O)[nH]c3cc2Br)c1. The average Bonchev–Trinajstić information content (AvgIpc) is 2.79. The number of fused-ring (bicyclic) bond motifs is 1. The fourth-order valence-corrected chi connectivity index (χ4v) is 4.71. The zero-order valence-corrected chi connectivity index (χ0v) is 15.8. The van der Waals surface area contributed by atoms with E-state index < -0.39 is 0 Å². The smallest absolute Gasteiger partial charge is 0.306 e. The lowest BCUT2D eigenvalue weighted by Crippen LogP contribution is -1.99. The topological polar surface area (TPSA) is 48.6 Å². The van der Waals surface area contributed by atoms with Gasteiger partial charge in [0, 0.05) is 8.95 Å². The molecule has 3 rings (SSSR count). The highest BCUT2D eigenvalue weighted by atomic mass is 79.9. The maximum absolute atomic E-state index is 11.4. The van der Waals surface area contributed by atoms with Crippen LogP contribution in [0, 0.1) is 6.92 Å². The van der Waals surface area contributed by atoms with Crippen molar-refractivity contribution >= 4 is 58.8 Å². The number of imidazole rings is 1. The molecule has 0 aliphatic carbocycles. The Morgan fingerprint density at radius 2 is 1.57 bits per heavy atom. The first-order valence-electron chi connectivity index (χ1n) is 6.27. The van der Waals surface area contributed by atoms with Gasteiger partial charge in [-0.05, 0) is 36.2 Å². The van der Waals surface area contributed by atoms with Crippen LogP contribution in [0.15, 0.2) is 44.1 Å². The predicted molar refractivity (Wildman–Crippen MR) is 96.3 cm³/mol. The fraction of sp³-hybridized carbons (Fsp3) is 0.133. The zero-order chi connectivity index (χ0) is 15.1. The van der Waals surface area contributed by atoms with E-state index in [1.54, 1.807) is 0 Å². The Bertz CT molecular complexity index is 882. The summed E-state index contributed by atoms with van der Waals surface area (Å²) >= 11 is 10.9. The monoisotopic (exact) mass is 472 g/mol. The van der Waals surface area contributed by atoms with Crippen molar-refractivity contribution in [2.24, 2.45) is 0 Å². The van der Waals surface area contributed by atoms with Gasteiger partial charge in [0.25, 0.3) is 0 Å². The number of hydrogen-bond donors (Lipinski definition) is 2. The predicted octanol–water partition coefficient (Wildman–Crippen LogP) is 5.17. The van der Waals surface area contributed by atoms with Crippen molar-refractivity contribution in [3.8, 4) is 0 Å². The number of hydrogen-bond acceptors (Lipinski definition) is 1. The molecule has 0 fully saturated rings. The molecule has 6 heteroatoms. The third kappa shape index (κ3) is 2.89. The van der Waals surface area contributed by atoms with Gasteiger partial charge < -0.3 is 9.97 Å². The number of aromatic nitrogens is 2. The van der Waals surface area contributed by atoms with Crippen LogP contribution in [0.2, 0.25) is 0 Å². The average molecular weight is 475 g/mol. The molecule has 1 aromatic heterocycles. The number of nitrogens with one attached hydrogen (secondary N) is 2. The Balaban J connectivity index is 2.16. The minimum Gasteiger partial charge on any atom is -0.306 e. The van der Waals surface area contributed by atoms with Crippen LogP contribution in [0.1, 0.15) is 21.5 Å². The largest absolute Gasteiger partial charge is 0.323 e. The Morgan fingerprint density at radius 1 is 0.952 bits per heavy atom. The molecule has 2 N–H and O–H groups in total. The molecule has 1 unspecified atom stereocenters. The van der Waals surface area contributed by atoms with Crippen molar-refractivity contribution in [3.05, 3.63) is 66.5 Å². The van der Waals surface area contributed by atoms with E-state index in [0.29, 0.717) is 0 Å². The van der Waals surface area contributed by atoms with E-state index in [2.05, 4.69) is 76.8 Å². The quantitative estimate of drug-likeness (QED) is 0.494. The lowest BCUT2D eigenvalue weighted by atomic mass is 10.0. The molecule has 0 bridgehead atoms. The van der Waals surface area contributed by atoms with E-state index in [1.165, 1.54) is 5.56 Å². The molecule has 0 saturated heterocycles. The van der Waals surface area contributed by atoms with Crippen molar-refractivity contribution < 1.29 is 0 Å². The number of H-pyrrole nitrogens is 2. The van der Waals surface area contributed by atoms with Gasteiger partial charge in [-0.15, -0.1) is 0 Å². The molecule has 21 heavy (non-hydrogen) atoms. The van der Waals surface area contributed by atoms with Crippen LogP contribution in [-0.2, 0) is 0 Å². The Hall–Kier alpha value is -0.850. The van der Waals surface area contributed by atoms with Crippen LogP contribution < -0.4 is 5.69 Å². The number of halogens is 3. The van der Waals surface area contributed by atoms with Crippen LogP contribution in [0.5, 0.6) is 0 Å². The Morgan fingerprint density at radius 3 is 2.29 bits per heavy atom. The summed E-state index contributed by atoms with van der Waals surface area (Å²) < 4.78 is 1.99. The maximum atomic E-state index is 11.4. The number of alkyl halides is 1. The van der Waals surface area contributed by atoms with E-state index >= 15 is 0 Å². The first-order chi connectivity index (χ1) is 9.95. The second-order valence-electron chi connectivity index (χ2n) is 4.89. The van der Waals surface area contributed by atoms with Gasteiger partial charge in [0.15, 0.2) is 0 Å². The summed E-state index contributed by atoms with van der Waals surface area (Å²) in [5.41, 5.74) is 4.80. The van der Waals surface area contributed by atoms with E-state index in [1.807, 2.05) is 18.2 Å². The lowest BCUT2D eigenvalue weighted by Gasteiger charge is -2.15. The number of benzene rings is 2. The molecule has 3 nitrogen and oxygen atoms in total. The maximum Gasteiger partial charge on any atom is 0.323 e. The van der Waals surface area contributed by atoms with Crippen LogP contribution in [0.4, 0.5) is 0 Å². The second-order valence-corrected chi connectivity index (χ2v) is 7.51. The lowest BCUT2D eigenvalue weighted by molar-refractivity contribution is 1.15. The number of aromatic amines is 2. The second kappa shape index (κ2) is 5.74. The highest BCUT2D eigenvalue weighted by Crippen LogP contribution is 2.40. The molecule has 1 atom stereocenters. The van der Waals surface area contributed by atoms with E-state index in [0.717, 1.165) is 31.1 Å². The van der Waals surface area contributed by atoms with Gasteiger partial charge in [0.1, 0.15) is 0 Å². The van der Waals surface area contributed by atoms with Gasteiger partial charge in [0.05, 0.1) is 15.9 Å². The Kier molecular flexibility index (Phi) is 4.12. The van der Waals surface area contributed by atoms with Gasteiger partial charge in [-0.3, -0.25) is 0 Å². The minimum absolute atomic E-state index is 0.0175. The van der Waals surface area contributed by atoms with E-state index in [-0.39, 0.29) is 10.5 Å². The highest BCUT2D eigenvalue weighted by molar-refractivity contribution is 9.11. The van der Waals surface area contributed by atoms with Gasteiger partial charge in [-0.25, -0.2) is 4.79 Å². The zero-order valence-electron chi connectivity index (χ0n) is 11.0. The van der Waals surface area contributed by atoms with Gasteiger partial charge >= 0.3 is 5.69 Å². The summed E-state index contributed by atoms with van der Waals surface area (Å²) in [4.78, 5) is 17.0.